The van der Waals surface area contributed by atoms with E-state index in [1.807, 2.05) is 0 Å². The summed E-state index contributed by atoms with van der Waals surface area (Å²) in [6, 6.07) is 0. The maximum absolute atomic E-state index is 10.2. The Hall–Kier alpha value is -0.340. The summed E-state index contributed by atoms with van der Waals surface area (Å²) in [6.45, 7) is 11.1. The van der Waals surface area contributed by atoms with Crippen LogP contribution in [0, 0.1) is 17.3 Å². The topological polar surface area (TPSA) is 29.5 Å². The number of ether oxygens (including phenoxy) is 1. The summed E-state index contributed by atoms with van der Waals surface area (Å²) in [6.07, 6.45) is 3.92. The normalized spacial score (nSPS) is 52.4. The van der Waals surface area contributed by atoms with E-state index in [9.17, 15) is 5.11 Å². The largest absolute Gasteiger partial charge is 0.390 e. The van der Waals surface area contributed by atoms with Crippen LogP contribution in [0.25, 0.3) is 0 Å². The summed E-state index contributed by atoms with van der Waals surface area (Å²) in [5, 5.41) is 10.2. The van der Waals surface area contributed by atoms with Crippen LogP contribution in [0.4, 0.5) is 0 Å². The van der Waals surface area contributed by atoms with E-state index >= 15 is 0 Å². The molecule has 0 aromatic heterocycles. The second-order valence-corrected chi connectivity index (χ2v) is 7.19. The SMILES string of the molecule is C=C1[C@H]2CC(C)(C)[C@@H]2CC[C@@]2(C)O[C@@H]1C[C@H]2O. The zero-order valence-corrected chi connectivity index (χ0v) is 11.2. The molecule has 0 aromatic rings. The van der Waals surface area contributed by atoms with Gasteiger partial charge in [-0.3, -0.25) is 0 Å². The zero-order chi connectivity index (χ0) is 12.4. The molecule has 1 N–H and O–H groups in total. The molecular weight excluding hydrogens is 212 g/mol. The minimum Gasteiger partial charge on any atom is -0.390 e. The number of aliphatic hydroxyl groups excluding tert-OH is 1. The van der Waals surface area contributed by atoms with Crippen molar-refractivity contribution in [2.24, 2.45) is 17.3 Å². The van der Waals surface area contributed by atoms with E-state index in [4.69, 9.17) is 4.74 Å². The first-order chi connectivity index (χ1) is 7.83. The van der Waals surface area contributed by atoms with Crippen molar-refractivity contribution < 1.29 is 9.84 Å². The molecule has 1 saturated carbocycles. The highest BCUT2D eigenvalue weighted by Gasteiger charge is 2.55. The minimum absolute atomic E-state index is 0.0962. The van der Waals surface area contributed by atoms with E-state index in [1.165, 1.54) is 12.0 Å². The molecule has 0 radical (unpaired) electrons. The lowest BCUT2D eigenvalue weighted by Gasteiger charge is -2.55. The van der Waals surface area contributed by atoms with Gasteiger partial charge in [0, 0.05) is 6.42 Å². The summed E-state index contributed by atoms with van der Waals surface area (Å²) < 4.78 is 6.09. The highest BCUT2D eigenvalue weighted by molar-refractivity contribution is 5.21. The van der Waals surface area contributed by atoms with Crippen LogP contribution in [0.1, 0.15) is 46.5 Å². The fraction of sp³-hybridized carbons (Fsp3) is 0.867. The third-order valence-electron chi connectivity index (χ3n) is 5.63. The Morgan fingerprint density at radius 2 is 2.06 bits per heavy atom. The summed E-state index contributed by atoms with van der Waals surface area (Å²) in [5.41, 5.74) is 1.37. The van der Waals surface area contributed by atoms with Crippen molar-refractivity contribution >= 4 is 0 Å². The van der Waals surface area contributed by atoms with Crippen molar-refractivity contribution in [1.82, 2.24) is 0 Å². The fourth-order valence-electron chi connectivity index (χ4n) is 4.26. The van der Waals surface area contributed by atoms with Crippen LogP contribution in [0.5, 0.6) is 0 Å². The molecular formula is C15H24O2. The Morgan fingerprint density at radius 1 is 1.35 bits per heavy atom. The number of hydrogen-bond donors (Lipinski definition) is 1. The summed E-state index contributed by atoms with van der Waals surface area (Å²) in [7, 11) is 0. The van der Waals surface area contributed by atoms with E-state index in [0.29, 0.717) is 11.3 Å². The van der Waals surface area contributed by atoms with E-state index in [1.54, 1.807) is 0 Å². The molecule has 2 heteroatoms. The lowest BCUT2D eigenvalue weighted by atomic mass is 9.51. The van der Waals surface area contributed by atoms with E-state index in [-0.39, 0.29) is 17.8 Å². The Balaban J connectivity index is 1.89. The molecule has 5 atom stereocenters. The molecule has 0 unspecified atom stereocenters. The Bertz CT molecular complexity index is 356. The van der Waals surface area contributed by atoms with Gasteiger partial charge >= 0.3 is 0 Å². The second kappa shape index (κ2) is 3.36. The minimum atomic E-state index is -0.329. The average molecular weight is 236 g/mol. The molecule has 2 aliphatic heterocycles. The molecule has 1 aliphatic carbocycles. The lowest BCUT2D eigenvalue weighted by molar-refractivity contribution is -0.106. The molecule has 96 valence electrons. The molecule has 17 heavy (non-hydrogen) atoms. The van der Waals surface area contributed by atoms with Gasteiger partial charge in [0.25, 0.3) is 0 Å². The van der Waals surface area contributed by atoms with Crippen LogP contribution in [0.15, 0.2) is 12.2 Å². The molecule has 2 saturated heterocycles. The van der Waals surface area contributed by atoms with E-state index < -0.39 is 0 Å². The predicted octanol–water partition coefficient (Wildman–Crippen LogP) is 2.91. The molecule has 2 bridgehead atoms. The predicted molar refractivity (Wildman–Crippen MR) is 67.7 cm³/mol. The van der Waals surface area contributed by atoms with Crippen molar-refractivity contribution in [2.75, 3.05) is 0 Å². The Kier molecular flexibility index (Phi) is 2.32. The van der Waals surface area contributed by atoms with Gasteiger partial charge in [-0.1, -0.05) is 20.4 Å². The Morgan fingerprint density at radius 3 is 2.71 bits per heavy atom. The highest BCUT2D eigenvalue weighted by atomic mass is 16.5. The monoisotopic (exact) mass is 236 g/mol. The first-order valence-corrected chi connectivity index (χ1v) is 6.88. The third-order valence-corrected chi connectivity index (χ3v) is 5.63. The van der Waals surface area contributed by atoms with Gasteiger partial charge in [-0.15, -0.1) is 0 Å². The van der Waals surface area contributed by atoms with Crippen LogP contribution >= 0.6 is 0 Å². The van der Waals surface area contributed by atoms with Crippen LogP contribution < -0.4 is 0 Å². The first kappa shape index (κ1) is 11.7. The second-order valence-electron chi connectivity index (χ2n) is 7.19. The molecule has 0 amide bonds. The molecule has 3 fully saturated rings. The molecule has 3 aliphatic rings. The quantitative estimate of drug-likeness (QED) is 0.655. The van der Waals surface area contributed by atoms with Gasteiger partial charge in [0.15, 0.2) is 0 Å². The van der Waals surface area contributed by atoms with Gasteiger partial charge in [-0.25, -0.2) is 0 Å². The van der Waals surface area contributed by atoms with Crippen molar-refractivity contribution in [1.29, 1.82) is 0 Å². The number of hydrogen-bond acceptors (Lipinski definition) is 2. The maximum Gasteiger partial charge on any atom is 0.0921 e. The van der Waals surface area contributed by atoms with Crippen molar-refractivity contribution in [3.05, 3.63) is 12.2 Å². The van der Waals surface area contributed by atoms with Crippen LogP contribution in [-0.4, -0.2) is 22.9 Å². The van der Waals surface area contributed by atoms with E-state index in [0.717, 1.165) is 25.2 Å². The van der Waals surface area contributed by atoms with Crippen LogP contribution in [0.3, 0.4) is 0 Å². The van der Waals surface area contributed by atoms with Crippen molar-refractivity contribution in [3.8, 4) is 0 Å². The standard InChI is InChI=1S/C15H24O2/c1-9-10-8-14(2,3)11(10)5-6-15(4)13(16)7-12(9)17-15/h10-13,16H,1,5-8H2,2-4H3/t10-,11-,12-,13-,15-/m1/s1. The molecule has 0 spiro atoms. The summed E-state index contributed by atoms with van der Waals surface area (Å²) >= 11 is 0. The summed E-state index contributed by atoms with van der Waals surface area (Å²) in [5.74, 6) is 1.37. The molecule has 0 aromatic carbocycles. The van der Waals surface area contributed by atoms with Gasteiger partial charge in [0.2, 0.25) is 0 Å². The lowest BCUT2D eigenvalue weighted by Crippen LogP contribution is -2.49. The van der Waals surface area contributed by atoms with Gasteiger partial charge in [0.05, 0.1) is 17.8 Å². The first-order valence-electron chi connectivity index (χ1n) is 6.88. The van der Waals surface area contributed by atoms with Gasteiger partial charge in [-0.2, -0.15) is 0 Å². The molecule has 2 heterocycles. The van der Waals surface area contributed by atoms with E-state index in [2.05, 4.69) is 27.4 Å². The molecule has 3 rings (SSSR count). The third kappa shape index (κ3) is 1.53. The molecule has 2 nitrogen and oxygen atoms in total. The average Bonchev–Trinajstić information content (AvgIpc) is 2.51. The fourth-order valence-corrected chi connectivity index (χ4v) is 4.26. The van der Waals surface area contributed by atoms with Crippen LogP contribution in [-0.2, 0) is 4.74 Å². The maximum atomic E-state index is 10.2. The van der Waals surface area contributed by atoms with Crippen molar-refractivity contribution in [3.63, 3.8) is 0 Å². The zero-order valence-electron chi connectivity index (χ0n) is 11.2. The highest BCUT2D eigenvalue weighted by Crippen LogP contribution is 2.59. The van der Waals surface area contributed by atoms with Gasteiger partial charge in [0.1, 0.15) is 0 Å². The smallest absolute Gasteiger partial charge is 0.0921 e. The Labute approximate surface area is 104 Å². The number of fused-ring (bicyclic) bond motifs is 3. The van der Waals surface area contributed by atoms with Gasteiger partial charge in [-0.05, 0) is 49.0 Å². The van der Waals surface area contributed by atoms with Crippen molar-refractivity contribution in [2.45, 2.75) is 64.3 Å². The number of aliphatic hydroxyl groups is 1. The van der Waals surface area contributed by atoms with Gasteiger partial charge < -0.3 is 9.84 Å². The number of rotatable bonds is 0. The summed E-state index contributed by atoms with van der Waals surface area (Å²) in [4.78, 5) is 0. The van der Waals surface area contributed by atoms with Crippen LogP contribution in [0.2, 0.25) is 0 Å².